The lowest BCUT2D eigenvalue weighted by Crippen LogP contribution is -2.35. The molecular formula is C13H16N2. The van der Waals surface area contributed by atoms with Crippen LogP contribution in [0.3, 0.4) is 0 Å². The molecule has 1 fully saturated rings. The lowest BCUT2D eigenvalue weighted by molar-refractivity contribution is 0.567. The summed E-state index contributed by atoms with van der Waals surface area (Å²) in [4.78, 5) is 0. The summed E-state index contributed by atoms with van der Waals surface area (Å²) in [7, 11) is 0. The van der Waals surface area contributed by atoms with Gasteiger partial charge in [0.05, 0.1) is 6.07 Å². The van der Waals surface area contributed by atoms with Gasteiger partial charge in [-0.3, -0.25) is 0 Å². The van der Waals surface area contributed by atoms with Crippen LogP contribution in [0.2, 0.25) is 0 Å². The number of rotatable bonds is 3. The monoisotopic (exact) mass is 200 g/mol. The number of aryl methyl sites for hydroxylation is 1. The normalized spacial score (nSPS) is 19.0. The molecule has 1 aliphatic rings. The quantitative estimate of drug-likeness (QED) is 0.813. The Bertz CT molecular complexity index is 384. The molecule has 2 rings (SSSR count). The molecule has 2 nitrogen and oxygen atoms in total. The van der Waals surface area contributed by atoms with E-state index in [0.29, 0.717) is 5.92 Å². The Balaban J connectivity index is 2.13. The highest BCUT2D eigenvalue weighted by Gasteiger charge is 2.41. The van der Waals surface area contributed by atoms with Crippen molar-refractivity contribution >= 4 is 5.69 Å². The minimum absolute atomic E-state index is 0.394. The number of nitrogens with one attached hydrogen (secondary N) is 1. The van der Waals surface area contributed by atoms with Gasteiger partial charge in [-0.15, -0.1) is 0 Å². The molecule has 0 bridgehead atoms. The summed E-state index contributed by atoms with van der Waals surface area (Å²) in [5.41, 5.74) is 1.89. The van der Waals surface area contributed by atoms with Gasteiger partial charge >= 0.3 is 0 Å². The second-order valence-corrected chi connectivity index (χ2v) is 4.58. The standard InChI is InChI=1S/C13H16N2/c1-10-3-7-12(8-4-10)15-13(2,9-14)11-5-6-11/h3-4,7-8,11,15H,5-6H2,1-2H3. The first-order chi connectivity index (χ1) is 7.14. The molecule has 1 saturated carbocycles. The van der Waals surface area contributed by atoms with Crippen LogP contribution in [0.15, 0.2) is 24.3 Å². The summed E-state index contributed by atoms with van der Waals surface area (Å²) in [6.07, 6.45) is 2.34. The molecule has 2 heteroatoms. The van der Waals surface area contributed by atoms with Gasteiger partial charge < -0.3 is 5.32 Å². The molecule has 15 heavy (non-hydrogen) atoms. The highest BCUT2D eigenvalue weighted by atomic mass is 15.0. The van der Waals surface area contributed by atoms with Gasteiger partial charge in [-0.05, 0) is 44.7 Å². The Kier molecular flexibility index (Phi) is 2.40. The van der Waals surface area contributed by atoms with Gasteiger partial charge in [0.15, 0.2) is 0 Å². The number of nitriles is 1. The topological polar surface area (TPSA) is 35.8 Å². The van der Waals surface area contributed by atoms with Crippen molar-refractivity contribution in [1.82, 2.24) is 0 Å². The zero-order chi connectivity index (χ0) is 10.9. The zero-order valence-corrected chi connectivity index (χ0v) is 9.25. The Hall–Kier alpha value is -1.49. The van der Waals surface area contributed by atoms with E-state index >= 15 is 0 Å². The second-order valence-electron chi connectivity index (χ2n) is 4.58. The molecule has 0 radical (unpaired) electrons. The fourth-order valence-corrected chi connectivity index (χ4v) is 1.82. The van der Waals surface area contributed by atoms with Crippen molar-refractivity contribution in [2.45, 2.75) is 32.2 Å². The molecule has 0 heterocycles. The molecular weight excluding hydrogens is 184 g/mol. The minimum Gasteiger partial charge on any atom is -0.367 e. The molecule has 1 aliphatic carbocycles. The van der Waals surface area contributed by atoms with Crippen molar-refractivity contribution in [3.05, 3.63) is 29.8 Å². The minimum atomic E-state index is -0.394. The second kappa shape index (κ2) is 3.58. The summed E-state index contributed by atoms with van der Waals surface area (Å²) in [6, 6.07) is 10.6. The van der Waals surface area contributed by atoms with Crippen molar-refractivity contribution in [2.75, 3.05) is 5.32 Å². The summed E-state index contributed by atoms with van der Waals surface area (Å²) in [6.45, 7) is 4.05. The maximum Gasteiger partial charge on any atom is 0.125 e. The van der Waals surface area contributed by atoms with Crippen molar-refractivity contribution in [2.24, 2.45) is 5.92 Å². The fourth-order valence-electron chi connectivity index (χ4n) is 1.82. The van der Waals surface area contributed by atoms with Crippen LogP contribution in [0, 0.1) is 24.2 Å². The smallest absolute Gasteiger partial charge is 0.125 e. The summed E-state index contributed by atoms with van der Waals surface area (Å²) < 4.78 is 0. The highest BCUT2D eigenvalue weighted by Crippen LogP contribution is 2.41. The van der Waals surface area contributed by atoms with E-state index in [1.807, 2.05) is 19.1 Å². The molecule has 0 amide bonds. The number of benzene rings is 1. The molecule has 1 aromatic carbocycles. The summed E-state index contributed by atoms with van der Waals surface area (Å²) in [5.74, 6) is 0.517. The van der Waals surface area contributed by atoms with Gasteiger partial charge in [0.2, 0.25) is 0 Å². The van der Waals surface area contributed by atoms with Gasteiger partial charge in [0.25, 0.3) is 0 Å². The van der Waals surface area contributed by atoms with E-state index < -0.39 is 5.54 Å². The number of nitrogens with zero attached hydrogens (tertiary/aromatic N) is 1. The molecule has 0 aliphatic heterocycles. The van der Waals surface area contributed by atoms with E-state index in [2.05, 4.69) is 30.4 Å². The van der Waals surface area contributed by atoms with Crippen LogP contribution in [0.25, 0.3) is 0 Å². The van der Waals surface area contributed by atoms with Crippen molar-refractivity contribution < 1.29 is 0 Å². The molecule has 0 saturated heterocycles. The summed E-state index contributed by atoms with van der Waals surface area (Å²) in [5, 5.41) is 12.5. The van der Waals surface area contributed by atoms with Crippen molar-refractivity contribution in [1.29, 1.82) is 5.26 Å². The zero-order valence-electron chi connectivity index (χ0n) is 9.25. The Labute approximate surface area is 90.9 Å². The first-order valence-corrected chi connectivity index (χ1v) is 5.40. The third kappa shape index (κ3) is 2.12. The third-order valence-corrected chi connectivity index (χ3v) is 3.08. The molecule has 1 N–H and O–H groups in total. The third-order valence-electron chi connectivity index (χ3n) is 3.08. The molecule has 1 aromatic rings. The molecule has 78 valence electrons. The predicted molar refractivity (Wildman–Crippen MR) is 61.5 cm³/mol. The van der Waals surface area contributed by atoms with Gasteiger partial charge in [-0.2, -0.15) is 5.26 Å². The first-order valence-electron chi connectivity index (χ1n) is 5.40. The first kappa shape index (κ1) is 10.0. The van der Waals surface area contributed by atoms with Crippen LogP contribution in [0.1, 0.15) is 25.3 Å². The largest absolute Gasteiger partial charge is 0.367 e. The predicted octanol–water partition coefficient (Wildman–Crippen LogP) is 3.10. The van der Waals surface area contributed by atoms with Crippen molar-refractivity contribution in [3.8, 4) is 6.07 Å². The van der Waals surface area contributed by atoms with Gasteiger partial charge in [0.1, 0.15) is 5.54 Å². The molecule has 0 spiro atoms. The van der Waals surface area contributed by atoms with Crippen LogP contribution >= 0.6 is 0 Å². The number of hydrogen-bond donors (Lipinski definition) is 1. The lowest BCUT2D eigenvalue weighted by Gasteiger charge is -2.24. The average Bonchev–Trinajstić information content (AvgIpc) is 3.05. The van der Waals surface area contributed by atoms with Crippen LogP contribution in [0.5, 0.6) is 0 Å². The van der Waals surface area contributed by atoms with E-state index in [9.17, 15) is 5.26 Å². The Morgan fingerprint density at radius 2 is 1.93 bits per heavy atom. The average molecular weight is 200 g/mol. The number of anilines is 1. The highest BCUT2D eigenvalue weighted by molar-refractivity contribution is 5.49. The molecule has 0 aromatic heterocycles. The van der Waals surface area contributed by atoms with E-state index in [-0.39, 0.29) is 0 Å². The maximum atomic E-state index is 9.20. The van der Waals surface area contributed by atoms with Crippen molar-refractivity contribution in [3.63, 3.8) is 0 Å². The Morgan fingerprint density at radius 1 is 1.33 bits per heavy atom. The van der Waals surface area contributed by atoms with Crippen LogP contribution in [-0.2, 0) is 0 Å². The molecule has 1 unspecified atom stereocenters. The van der Waals surface area contributed by atoms with Crippen LogP contribution < -0.4 is 5.32 Å². The SMILES string of the molecule is Cc1ccc(NC(C)(C#N)C2CC2)cc1. The van der Waals surface area contributed by atoms with Crippen LogP contribution in [-0.4, -0.2) is 5.54 Å². The van der Waals surface area contributed by atoms with Gasteiger partial charge in [0, 0.05) is 5.69 Å². The number of hydrogen-bond acceptors (Lipinski definition) is 2. The van der Waals surface area contributed by atoms with Crippen LogP contribution in [0.4, 0.5) is 5.69 Å². The van der Waals surface area contributed by atoms with Gasteiger partial charge in [-0.25, -0.2) is 0 Å². The Morgan fingerprint density at radius 3 is 2.40 bits per heavy atom. The van der Waals surface area contributed by atoms with E-state index in [4.69, 9.17) is 0 Å². The fraction of sp³-hybridized carbons (Fsp3) is 0.462. The lowest BCUT2D eigenvalue weighted by atomic mass is 9.97. The van der Waals surface area contributed by atoms with E-state index in [1.54, 1.807) is 0 Å². The maximum absolute atomic E-state index is 9.20. The van der Waals surface area contributed by atoms with E-state index in [0.717, 1.165) is 5.69 Å². The summed E-state index contributed by atoms with van der Waals surface area (Å²) >= 11 is 0. The van der Waals surface area contributed by atoms with Gasteiger partial charge in [-0.1, -0.05) is 17.7 Å². The van der Waals surface area contributed by atoms with E-state index in [1.165, 1.54) is 18.4 Å². The molecule has 1 atom stereocenters.